The predicted molar refractivity (Wildman–Crippen MR) is 124 cm³/mol. The number of phenols is 4. The molecule has 0 bridgehead atoms. The van der Waals surface area contributed by atoms with Gasteiger partial charge in [-0.05, 0) is 35.4 Å². The number of fused-ring (bicyclic) bond motifs is 1. The summed E-state index contributed by atoms with van der Waals surface area (Å²) in [6.07, 6.45) is 0.978. The smallest absolute Gasteiger partial charge is 0.251 e. The van der Waals surface area contributed by atoms with Gasteiger partial charge < -0.3 is 25.7 Å². The highest BCUT2D eigenvalue weighted by Crippen LogP contribution is 2.35. The lowest BCUT2D eigenvalue weighted by Crippen LogP contribution is -2.76. The molecule has 0 spiro atoms. The Kier molecular flexibility index (Phi) is 5.33. The van der Waals surface area contributed by atoms with Crippen molar-refractivity contribution in [3.63, 3.8) is 0 Å². The third-order valence-electron chi connectivity index (χ3n) is 6.07. The van der Waals surface area contributed by atoms with E-state index in [1.54, 1.807) is 29.2 Å². The zero-order valence-corrected chi connectivity index (χ0v) is 18.2. The first kappa shape index (κ1) is 21.4. The van der Waals surface area contributed by atoms with Gasteiger partial charge in [0.25, 0.3) is 5.91 Å². The van der Waals surface area contributed by atoms with Gasteiger partial charge in [-0.15, -0.1) is 0 Å². The van der Waals surface area contributed by atoms with Crippen molar-refractivity contribution < 1.29 is 30.2 Å². The van der Waals surface area contributed by atoms with Crippen LogP contribution in [0.1, 0.15) is 16.7 Å². The minimum atomic E-state index is -0.589. The molecule has 0 aliphatic carbocycles. The van der Waals surface area contributed by atoms with E-state index in [1.165, 1.54) is 12.1 Å². The zero-order valence-electron chi connectivity index (χ0n) is 18.2. The van der Waals surface area contributed by atoms with Gasteiger partial charge in [-0.3, -0.25) is 9.69 Å². The fourth-order valence-corrected chi connectivity index (χ4v) is 4.32. The molecule has 3 aromatic rings. The number of aromatic hydroxyl groups is 4. The summed E-state index contributed by atoms with van der Waals surface area (Å²) >= 11 is 0. The number of hydrogen-bond donors (Lipinski definition) is 6. The molecule has 1 unspecified atom stereocenters. The second-order valence-electron chi connectivity index (χ2n) is 8.45. The van der Waals surface area contributed by atoms with Crippen molar-refractivity contribution in [2.24, 2.45) is 0 Å². The zero-order chi connectivity index (χ0) is 23.8. The molecule has 1 saturated heterocycles. The van der Waals surface area contributed by atoms with Crippen molar-refractivity contribution >= 4 is 11.6 Å². The van der Waals surface area contributed by atoms with E-state index in [9.17, 15) is 25.2 Å². The van der Waals surface area contributed by atoms with E-state index in [-0.39, 0.29) is 18.2 Å². The van der Waals surface area contributed by atoms with Gasteiger partial charge in [0, 0.05) is 6.42 Å². The average molecular weight is 458 g/mol. The normalized spacial score (nSPS) is 17.4. The number of amides is 1. The molecule has 3 aromatic carbocycles. The molecule has 34 heavy (non-hydrogen) atoms. The molecule has 0 saturated carbocycles. The summed E-state index contributed by atoms with van der Waals surface area (Å²) in [6.45, 7) is 0.204. The number of nitrogens with zero attached hydrogens (tertiary/aromatic N) is 1. The van der Waals surface area contributed by atoms with E-state index in [4.69, 9.17) is 0 Å². The molecule has 0 radical (unpaired) electrons. The maximum Gasteiger partial charge on any atom is 0.251 e. The minimum Gasteiger partial charge on any atom is -0.508 e. The number of hydrogen-bond acceptors (Lipinski definition) is 6. The second-order valence-corrected chi connectivity index (χ2v) is 8.45. The lowest BCUT2D eigenvalue weighted by Gasteiger charge is -2.21. The number of benzene rings is 3. The first-order valence-electron chi connectivity index (χ1n) is 10.9. The molecule has 172 valence electrons. The summed E-state index contributed by atoms with van der Waals surface area (Å²) < 4.78 is 0. The third kappa shape index (κ3) is 4.01. The molecule has 6 N–H and O–H groups in total. The molecule has 2 aliphatic rings. The molecule has 1 fully saturated rings. The Hall–Kier alpha value is -4.46. The monoisotopic (exact) mass is 458 g/mol. The first-order valence-corrected chi connectivity index (χ1v) is 10.9. The Labute approximate surface area is 195 Å². The average Bonchev–Trinajstić information content (AvgIpc) is 3.15. The van der Waals surface area contributed by atoms with Crippen LogP contribution in [0.4, 0.5) is 0 Å². The molecular weight excluding hydrogens is 434 g/mol. The number of nitrogens with one attached hydrogen (secondary N) is 2. The molecule has 2 heterocycles. The SMILES string of the molecule is O=C1C(Cc2ccc(O)cc2)NC2=C(Cc3ccccc3)[NH+]=C(c3cc(O)c(O)c(O)c3)CN12. The predicted octanol–water partition coefficient (Wildman–Crippen LogP) is 0.847. The van der Waals surface area contributed by atoms with Crippen LogP contribution in [0.25, 0.3) is 0 Å². The Balaban J connectivity index is 1.51. The van der Waals surface area contributed by atoms with Crippen LogP contribution in [-0.4, -0.2) is 49.5 Å². The van der Waals surface area contributed by atoms with Crippen molar-refractivity contribution in [3.05, 3.63) is 94.9 Å². The van der Waals surface area contributed by atoms with Crippen LogP contribution in [0, 0.1) is 0 Å². The lowest BCUT2D eigenvalue weighted by atomic mass is 10.0. The Morgan fingerprint density at radius 3 is 2.26 bits per heavy atom. The Morgan fingerprint density at radius 2 is 1.59 bits per heavy atom. The van der Waals surface area contributed by atoms with Crippen LogP contribution in [-0.2, 0) is 17.6 Å². The van der Waals surface area contributed by atoms with Crippen LogP contribution in [0.2, 0.25) is 0 Å². The standard InChI is InChI=1S/C26H23N3O5/c30-18-8-6-16(7-9-18)11-20-26(34)29-14-21(17-12-22(31)24(33)23(32)13-17)27-19(25(29)28-20)10-15-4-2-1-3-5-15/h1-9,12-13,20,28,30-33H,10-11,14H2/p+1. The second kappa shape index (κ2) is 8.47. The van der Waals surface area contributed by atoms with E-state index in [0.29, 0.717) is 29.9 Å². The van der Waals surface area contributed by atoms with Gasteiger partial charge in [0.05, 0.1) is 12.0 Å². The lowest BCUT2D eigenvalue weighted by molar-refractivity contribution is -0.406. The Bertz CT molecular complexity index is 1290. The van der Waals surface area contributed by atoms with Crippen molar-refractivity contribution in [1.29, 1.82) is 0 Å². The Morgan fingerprint density at radius 1 is 0.912 bits per heavy atom. The quantitative estimate of drug-likeness (QED) is 0.315. The fourth-order valence-electron chi connectivity index (χ4n) is 4.32. The van der Waals surface area contributed by atoms with Gasteiger partial charge in [-0.1, -0.05) is 42.5 Å². The summed E-state index contributed by atoms with van der Waals surface area (Å²) in [4.78, 5) is 18.4. The van der Waals surface area contributed by atoms with Gasteiger partial charge in [-0.25, -0.2) is 4.99 Å². The molecule has 1 atom stereocenters. The molecule has 0 aromatic heterocycles. The maximum atomic E-state index is 13.4. The minimum absolute atomic E-state index is 0.0974. The highest BCUT2D eigenvalue weighted by Gasteiger charge is 2.42. The van der Waals surface area contributed by atoms with Gasteiger partial charge in [0.1, 0.15) is 18.3 Å². The fraction of sp³-hybridized carbons (Fsp3) is 0.154. The maximum absolute atomic E-state index is 13.4. The van der Waals surface area contributed by atoms with Crippen molar-refractivity contribution in [3.8, 4) is 23.0 Å². The first-order chi connectivity index (χ1) is 16.4. The van der Waals surface area contributed by atoms with E-state index < -0.39 is 23.3 Å². The van der Waals surface area contributed by atoms with Crippen molar-refractivity contribution in [2.45, 2.75) is 18.9 Å². The number of rotatable bonds is 5. The summed E-state index contributed by atoms with van der Waals surface area (Å²) in [6, 6.07) is 18.8. The molecule has 5 rings (SSSR count). The van der Waals surface area contributed by atoms with Crippen LogP contribution in [0.3, 0.4) is 0 Å². The molecule has 1 amide bonds. The van der Waals surface area contributed by atoms with Crippen LogP contribution in [0.5, 0.6) is 23.0 Å². The summed E-state index contributed by atoms with van der Waals surface area (Å²) in [5.74, 6) is -0.717. The number of phenolic OH excluding ortho intramolecular Hbond substituents is 4. The third-order valence-corrected chi connectivity index (χ3v) is 6.07. The number of carbonyl (C=O) groups is 1. The van der Waals surface area contributed by atoms with Crippen LogP contribution in [0.15, 0.2) is 78.2 Å². The van der Waals surface area contributed by atoms with Crippen molar-refractivity contribution in [1.82, 2.24) is 10.2 Å². The van der Waals surface area contributed by atoms with Crippen molar-refractivity contribution in [2.75, 3.05) is 6.54 Å². The van der Waals surface area contributed by atoms with E-state index >= 15 is 0 Å². The molecule has 8 nitrogen and oxygen atoms in total. The van der Waals surface area contributed by atoms with E-state index in [1.807, 2.05) is 30.3 Å². The number of carbonyl (C=O) groups excluding carboxylic acids is 1. The summed E-state index contributed by atoms with van der Waals surface area (Å²) in [5, 5.41) is 42.6. The van der Waals surface area contributed by atoms with Gasteiger partial charge in [-0.2, -0.15) is 0 Å². The van der Waals surface area contributed by atoms with Crippen LogP contribution >= 0.6 is 0 Å². The highest BCUT2D eigenvalue weighted by atomic mass is 16.3. The largest absolute Gasteiger partial charge is 0.508 e. The van der Waals surface area contributed by atoms with Gasteiger partial charge in [0.2, 0.25) is 11.4 Å². The number of allylic oxidation sites excluding steroid dienone is 1. The summed E-state index contributed by atoms with van der Waals surface area (Å²) in [5.41, 5.74) is 3.82. The molecule has 8 heteroatoms. The van der Waals surface area contributed by atoms with Gasteiger partial charge >= 0.3 is 0 Å². The highest BCUT2D eigenvalue weighted by molar-refractivity contribution is 6.02. The van der Waals surface area contributed by atoms with Gasteiger partial charge in [0.15, 0.2) is 23.1 Å². The molecule has 2 aliphatic heterocycles. The van der Waals surface area contributed by atoms with Crippen LogP contribution < -0.4 is 10.3 Å². The topological polar surface area (TPSA) is 127 Å². The summed E-state index contributed by atoms with van der Waals surface area (Å²) in [7, 11) is 0. The van der Waals surface area contributed by atoms with E-state index in [0.717, 1.165) is 16.8 Å². The molecular formula is C26H24N3O5+. The van der Waals surface area contributed by atoms with E-state index in [2.05, 4.69) is 10.3 Å².